The molecule has 10 aromatic carbocycles. The number of hydrogen-bond acceptors (Lipinski definition) is 2. The number of para-hydroxylation sites is 3. The lowest BCUT2D eigenvalue weighted by Crippen LogP contribution is -1.94. The molecule has 3 nitrogen and oxygen atoms in total. The van der Waals surface area contributed by atoms with Gasteiger partial charge in [-0.3, -0.25) is 0 Å². The minimum atomic E-state index is -0.392. The molecule has 4 heterocycles. The molecule has 0 unspecified atom stereocenters. The van der Waals surface area contributed by atoms with Crippen molar-refractivity contribution in [3.05, 3.63) is 218 Å². The molecule has 0 radical (unpaired) electrons. The Morgan fingerprint density at radius 3 is 1.64 bits per heavy atom. The Labute approximate surface area is 378 Å². The number of furan rings is 1. The van der Waals surface area contributed by atoms with Crippen LogP contribution in [0.2, 0.25) is 0 Å². The lowest BCUT2D eigenvalue weighted by atomic mass is 9.99. The molecule has 0 spiro atoms. The molecule has 0 aliphatic heterocycles. The summed E-state index contributed by atoms with van der Waals surface area (Å²) in [7, 11) is 0. The van der Waals surface area contributed by atoms with Crippen LogP contribution >= 0.6 is 11.3 Å². The van der Waals surface area contributed by atoms with E-state index in [2.05, 4.69) is 161 Å². The predicted octanol–water partition coefficient (Wildman–Crippen LogP) is 17.1. The van der Waals surface area contributed by atoms with E-state index in [1.165, 1.54) is 10.8 Å². The fraction of sp³-hybridized carbons (Fsp3) is 0. The molecule has 0 saturated heterocycles. The van der Waals surface area contributed by atoms with Gasteiger partial charge in [0, 0.05) is 63.9 Å². The third kappa shape index (κ3) is 5.21. The molecular formula is C60H36N2OS. The van der Waals surface area contributed by atoms with E-state index in [4.69, 9.17) is 11.3 Å². The van der Waals surface area contributed by atoms with Crippen molar-refractivity contribution in [3.8, 4) is 44.8 Å². The summed E-state index contributed by atoms with van der Waals surface area (Å²) in [5.41, 5.74) is 13.8. The summed E-state index contributed by atoms with van der Waals surface area (Å²) in [6.45, 7) is 0. The average Bonchev–Trinajstić information content (AvgIpc) is 4.15. The largest absolute Gasteiger partial charge is 0.456 e. The highest BCUT2D eigenvalue weighted by atomic mass is 32.1. The van der Waals surface area contributed by atoms with E-state index in [0.29, 0.717) is 5.56 Å². The van der Waals surface area contributed by atoms with E-state index >= 15 is 0 Å². The van der Waals surface area contributed by atoms with Crippen LogP contribution in [0.5, 0.6) is 0 Å². The molecule has 0 N–H and O–H groups in total. The van der Waals surface area contributed by atoms with Gasteiger partial charge in [-0.25, -0.2) is 0 Å². The fourth-order valence-electron chi connectivity index (χ4n) is 10.2. The molecular weight excluding hydrogens is 797 g/mol. The first-order valence-corrected chi connectivity index (χ1v) is 22.2. The van der Waals surface area contributed by atoms with Gasteiger partial charge in [-0.05, 0) is 112 Å². The topological polar surface area (TPSA) is 23.0 Å². The Hall–Kier alpha value is -8.18. The van der Waals surface area contributed by atoms with E-state index in [1.54, 1.807) is 11.3 Å². The highest BCUT2D eigenvalue weighted by molar-refractivity contribution is 7.26. The van der Waals surface area contributed by atoms with Gasteiger partial charge in [-0.1, -0.05) is 139 Å². The average molecular weight is 838 g/mol. The Morgan fingerprint density at radius 2 is 0.922 bits per heavy atom. The number of aromatic nitrogens is 2. The fourth-order valence-corrected chi connectivity index (χ4v) is 11.4. The summed E-state index contributed by atoms with van der Waals surface area (Å²) >= 11 is 1.65. The van der Waals surface area contributed by atoms with Gasteiger partial charge in [-0.15, -0.1) is 11.3 Å². The van der Waals surface area contributed by atoms with Crippen molar-refractivity contribution in [1.29, 1.82) is 0 Å². The standard InChI is InChI=1S/C60H36N2OS/c1-2-12-37(13-3-1)44-18-11-23-57-60(44)48-31-30-42(36-58(48)64-57)62-52-20-8-5-15-46(52)50-35-40(27-33-54(50)62)39-26-32-53-49(34-39)45-14-4-7-19-51(45)61(53)41-28-24-38(25-29-41)43-17-10-22-56-59(43)47-16-6-9-21-55(47)63-56/h1-36H/i1D,2D,3D,12D,13D. The summed E-state index contributed by atoms with van der Waals surface area (Å²) in [4.78, 5) is 0. The third-order valence-corrected chi connectivity index (χ3v) is 14.1. The van der Waals surface area contributed by atoms with Crippen molar-refractivity contribution in [1.82, 2.24) is 9.13 Å². The van der Waals surface area contributed by atoms with Crippen LogP contribution < -0.4 is 0 Å². The first-order chi connectivity index (χ1) is 33.8. The second kappa shape index (κ2) is 13.7. The smallest absolute Gasteiger partial charge is 0.136 e. The van der Waals surface area contributed by atoms with Crippen LogP contribution in [0.15, 0.2) is 223 Å². The summed E-state index contributed by atoms with van der Waals surface area (Å²) in [6, 6.07) is 65.0. The van der Waals surface area contributed by atoms with Crippen LogP contribution in [-0.4, -0.2) is 9.13 Å². The third-order valence-electron chi connectivity index (χ3n) is 13.0. The number of thiophene rings is 1. The molecule has 0 amide bonds. The van der Waals surface area contributed by atoms with Crippen molar-refractivity contribution in [2.75, 3.05) is 0 Å². The number of nitrogens with zero attached hydrogens (tertiary/aromatic N) is 2. The second-order valence-electron chi connectivity index (χ2n) is 16.5. The van der Waals surface area contributed by atoms with Crippen LogP contribution in [0.25, 0.3) is 130 Å². The van der Waals surface area contributed by atoms with Gasteiger partial charge in [0.15, 0.2) is 0 Å². The minimum absolute atomic E-state index is 0.197. The zero-order valence-corrected chi connectivity index (χ0v) is 34.9. The van der Waals surface area contributed by atoms with Crippen LogP contribution in [-0.2, 0) is 0 Å². The Bertz CT molecular complexity index is 4470. The Morgan fingerprint density at radius 1 is 0.359 bits per heavy atom. The second-order valence-corrected chi connectivity index (χ2v) is 17.5. The van der Waals surface area contributed by atoms with E-state index in [1.807, 2.05) is 36.4 Å². The van der Waals surface area contributed by atoms with Gasteiger partial charge in [0.2, 0.25) is 0 Å². The van der Waals surface area contributed by atoms with Crippen molar-refractivity contribution in [2.45, 2.75) is 0 Å². The van der Waals surface area contributed by atoms with Crippen molar-refractivity contribution >= 4 is 97.1 Å². The zero-order valence-electron chi connectivity index (χ0n) is 39.1. The summed E-state index contributed by atoms with van der Waals surface area (Å²) in [6.07, 6.45) is 0. The van der Waals surface area contributed by atoms with Gasteiger partial charge in [0.1, 0.15) is 11.2 Å². The Balaban J connectivity index is 0.863. The normalized spacial score (nSPS) is 13.2. The summed E-state index contributed by atoms with van der Waals surface area (Å²) in [5, 5.41) is 8.83. The highest BCUT2D eigenvalue weighted by Gasteiger charge is 2.19. The maximum absolute atomic E-state index is 8.75. The lowest BCUT2D eigenvalue weighted by Gasteiger charge is -2.11. The lowest BCUT2D eigenvalue weighted by molar-refractivity contribution is 0.669. The molecule has 0 aliphatic carbocycles. The number of rotatable bonds is 5. The van der Waals surface area contributed by atoms with E-state index < -0.39 is 6.04 Å². The molecule has 0 atom stereocenters. The number of hydrogen-bond donors (Lipinski definition) is 0. The molecule has 14 rings (SSSR count). The van der Waals surface area contributed by atoms with E-state index in [0.717, 1.165) is 109 Å². The van der Waals surface area contributed by atoms with Gasteiger partial charge < -0.3 is 13.6 Å². The maximum atomic E-state index is 8.75. The molecule has 4 heteroatoms. The monoisotopic (exact) mass is 837 g/mol. The van der Waals surface area contributed by atoms with Gasteiger partial charge >= 0.3 is 0 Å². The zero-order chi connectivity index (χ0) is 46.2. The SMILES string of the molecule is [2H]c1c([2H])c([2H])c(-c2cccc3sc4cc(-n5c6ccccc6c6cc(-c7ccc8c(c7)c7ccccc7n8-c7ccc(-c8cccc9oc%10ccccc%10c89)cc7)ccc65)ccc4c23)c([2H])c1[2H]. The van der Waals surface area contributed by atoms with Crippen LogP contribution in [0.1, 0.15) is 6.85 Å². The van der Waals surface area contributed by atoms with Crippen molar-refractivity contribution < 1.29 is 11.3 Å². The number of benzene rings is 10. The van der Waals surface area contributed by atoms with E-state index in [9.17, 15) is 0 Å². The van der Waals surface area contributed by atoms with Crippen LogP contribution in [0, 0.1) is 0 Å². The van der Waals surface area contributed by atoms with E-state index in [-0.39, 0.29) is 29.7 Å². The molecule has 298 valence electrons. The molecule has 0 aliphatic rings. The van der Waals surface area contributed by atoms with Crippen molar-refractivity contribution in [2.24, 2.45) is 0 Å². The molecule has 0 fully saturated rings. The maximum Gasteiger partial charge on any atom is 0.136 e. The molecule has 0 bridgehead atoms. The van der Waals surface area contributed by atoms with Gasteiger partial charge in [-0.2, -0.15) is 0 Å². The predicted molar refractivity (Wildman–Crippen MR) is 272 cm³/mol. The molecule has 14 aromatic rings. The first-order valence-electron chi connectivity index (χ1n) is 23.9. The number of fused-ring (bicyclic) bond motifs is 12. The highest BCUT2D eigenvalue weighted by Crippen LogP contribution is 2.43. The summed E-state index contributed by atoms with van der Waals surface area (Å²) in [5.74, 6) is 0. The molecule has 4 aromatic heterocycles. The van der Waals surface area contributed by atoms with Gasteiger partial charge in [0.25, 0.3) is 0 Å². The molecule has 64 heavy (non-hydrogen) atoms. The first kappa shape index (κ1) is 30.8. The molecule has 0 saturated carbocycles. The van der Waals surface area contributed by atoms with Crippen LogP contribution in [0.3, 0.4) is 0 Å². The van der Waals surface area contributed by atoms with Gasteiger partial charge in [0.05, 0.1) is 28.9 Å². The van der Waals surface area contributed by atoms with Crippen LogP contribution in [0.4, 0.5) is 0 Å². The quantitative estimate of drug-likeness (QED) is 0.169. The van der Waals surface area contributed by atoms with Crippen molar-refractivity contribution in [3.63, 3.8) is 0 Å². The minimum Gasteiger partial charge on any atom is -0.456 e. The Kier molecular flexibility index (Phi) is 6.57. The summed E-state index contributed by atoms with van der Waals surface area (Å²) < 4.78 is 55.3.